The van der Waals surface area contributed by atoms with E-state index in [1.807, 2.05) is 0 Å². The third-order valence-corrected chi connectivity index (χ3v) is 4.15. The standard InChI is InChI=1S/C15H28N2O4/c1-12(2)13-5-4-7-16(8-6-13)15(20)17(9-10-21-3)11-14(18)19/h12-13H,4-11H2,1-3H3,(H,18,19). The van der Waals surface area contributed by atoms with Crippen molar-refractivity contribution in [3.05, 3.63) is 0 Å². The van der Waals surface area contributed by atoms with Crippen LogP contribution in [0, 0.1) is 11.8 Å². The van der Waals surface area contributed by atoms with Crippen LogP contribution in [0.5, 0.6) is 0 Å². The summed E-state index contributed by atoms with van der Waals surface area (Å²) in [5.74, 6) is 0.285. The van der Waals surface area contributed by atoms with E-state index >= 15 is 0 Å². The molecule has 1 saturated heterocycles. The second-order valence-corrected chi connectivity index (χ2v) is 6.01. The Kier molecular flexibility index (Phi) is 7.50. The molecule has 1 unspecified atom stereocenters. The van der Waals surface area contributed by atoms with Gasteiger partial charge < -0.3 is 19.6 Å². The van der Waals surface area contributed by atoms with Crippen LogP contribution in [0.3, 0.4) is 0 Å². The topological polar surface area (TPSA) is 70.1 Å². The Bertz CT molecular complexity index is 347. The maximum Gasteiger partial charge on any atom is 0.323 e. The van der Waals surface area contributed by atoms with E-state index in [-0.39, 0.29) is 12.6 Å². The van der Waals surface area contributed by atoms with E-state index in [9.17, 15) is 9.59 Å². The smallest absolute Gasteiger partial charge is 0.323 e. The quantitative estimate of drug-likeness (QED) is 0.813. The lowest BCUT2D eigenvalue weighted by Gasteiger charge is -2.29. The summed E-state index contributed by atoms with van der Waals surface area (Å²) in [6.45, 7) is 6.25. The molecule has 6 nitrogen and oxygen atoms in total. The molecule has 0 aromatic heterocycles. The summed E-state index contributed by atoms with van der Waals surface area (Å²) >= 11 is 0. The summed E-state index contributed by atoms with van der Waals surface area (Å²) in [4.78, 5) is 26.6. The van der Waals surface area contributed by atoms with Crippen LogP contribution in [0.2, 0.25) is 0 Å². The highest BCUT2D eigenvalue weighted by Crippen LogP contribution is 2.24. The first-order chi connectivity index (χ1) is 9.95. The number of carboxylic acids is 1. The van der Waals surface area contributed by atoms with Crippen molar-refractivity contribution in [2.24, 2.45) is 11.8 Å². The summed E-state index contributed by atoms with van der Waals surface area (Å²) < 4.78 is 4.96. The fraction of sp³-hybridized carbons (Fsp3) is 0.867. The van der Waals surface area contributed by atoms with Crippen molar-refractivity contribution in [1.29, 1.82) is 0 Å². The van der Waals surface area contributed by atoms with Crippen LogP contribution in [0.4, 0.5) is 4.79 Å². The molecule has 1 rings (SSSR count). The van der Waals surface area contributed by atoms with Gasteiger partial charge in [0.05, 0.1) is 6.61 Å². The molecule has 0 saturated carbocycles. The number of carbonyl (C=O) groups excluding carboxylic acids is 1. The van der Waals surface area contributed by atoms with Gasteiger partial charge in [0.1, 0.15) is 6.54 Å². The minimum absolute atomic E-state index is 0.182. The van der Waals surface area contributed by atoms with Gasteiger partial charge in [-0.1, -0.05) is 13.8 Å². The van der Waals surface area contributed by atoms with Gasteiger partial charge in [0, 0.05) is 26.7 Å². The third kappa shape index (κ3) is 5.91. The SMILES string of the molecule is COCCN(CC(=O)O)C(=O)N1CCCC(C(C)C)CC1. The lowest BCUT2D eigenvalue weighted by Crippen LogP contribution is -2.47. The van der Waals surface area contributed by atoms with E-state index in [4.69, 9.17) is 9.84 Å². The number of nitrogens with zero attached hydrogens (tertiary/aromatic N) is 2. The number of hydrogen-bond donors (Lipinski definition) is 1. The fourth-order valence-corrected chi connectivity index (χ4v) is 2.79. The van der Waals surface area contributed by atoms with Crippen LogP contribution in [-0.4, -0.2) is 66.8 Å². The van der Waals surface area contributed by atoms with Gasteiger partial charge in [0.25, 0.3) is 0 Å². The number of urea groups is 1. The van der Waals surface area contributed by atoms with Crippen molar-refractivity contribution in [2.75, 3.05) is 39.9 Å². The summed E-state index contributed by atoms with van der Waals surface area (Å²) in [6, 6.07) is -0.182. The van der Waals surface area contributed by atoms with Crippen LogP contribution >= 0.6 is 0 Å². The first-order valence-electron chi connectivity index (χ1n) is 7.70. The Hall–Kier alpha value is -1.30. The predicted molar refractivity (Wildman–Crippen MR) is 80.2 cm³/mol. The largest absolute Gasteiger partial charge is 0.480 e. The number of carboxylic acid groups (broad SMARTS) is 1. The van der Waals surface area contributed by atoms with Crippen LogP contribution in [-0.2, 0) is 9.53 Å². The van der Waals surface area contributed by atoms with E-state index in [1.165, 1.54) is 4.90 Å². The average Bonchev–Trinajstić information content (AvgIpc) is 2.68. The molecule has 1 aliphatic rings. The Morgan fingerprint density at radius 2 is 2.05 bits per heavy atom. The summed E-state index contributed by atoms with van der Waals surface area (Å²) in [6.07, 6.45) is 3.12. The second-order valence-electron chi connectivity index (χ2n) is 6.01. The fourth-order valence-electron chi connectivity index (χ4n) is 2.79. The first kappa shape index (κ1) is 17.8. The third-order valence-electron chi connectivity index (χ3n) is 4.15. The molecule has 1 atom stereocenters. The van der Waals surface area contributed by atoms with Crippen molar-refractivity contribution >= 4 is 12.0 Å². The summed E-state index contributed by atoms with van der Waals surface area (Å²) in [5, 5.41) is 8.95. The van der Waals surface area contributed by atoms with Crippen molar-refractivity contribution in [1.82, 2.24) is 9.80 Å². The Balaban J connectivity index is 2.62. The maximum absolute atomic E-state index is 12.5. The van der Waals surface area contributed by atoms with Gasteiger partial charge in [-0.25, -0.2) is 4.79 Å². The number of amides is 2. The van der Waals surface area contributed by atoms with Crippen LogP contribution < -0.4 is 0 Å². The van der Waals surface area contributed by atoms with E-state index in [1.54, 1.807) is 12.0 Å². The highest BCUT2D eigenvalue weighted by molar-refractivity contribution is 5.80. The molecule has 6 heteroatoms. The number of methoxy groups -OCH3 is 1. The molecule has 1 N–H and O–H groups in total. The predicted octanol–water partition coefficient (Wildman–Crippen LogP) is 1.90. The monoisotopic (exact) mass is 300 g/mol. The van der Waals surface area contributed by atoms with Crippen LogP contribution in [0.25, 0.3) is 0 Å². The minimum atomic E-state index is -0.991. The number of carbonyl (C=O) groups is 2. The molecule has 0 spiro atoms. The molecule has 1 fully saturated rings. The van der Waals surface area contributed by atoms with Gasteiger partial charge in [-0.2, -0.15) is 0 Å². The molecule has 1 heterocycles. The normalized spacial score (nSPS) is 19.4. The molecule has 0 aliphatic carbocycles. The lowest BCUT2D eigenvalue weighted by molar-refractivity contribution is -0.137. The maximum atomic E-state index is 12.5. The van der Waals surface area contributed by atoms with Gasteiger partial charge in [0.15, 0.2) is 0 Å². The van der Waals surface area contributed by atoms with Crippen molar-refractivity contribution < 1.29 is 19.4 Å². The number of aliphatic carboxylic acids is 1. The van der Waals surface area contributed by atoms with Gasteiger partial charge in [-0.05, 0) is 31.1 Å². The first-order valence-corrected chi connectivity index (χ1v) is 7.70. The minimum Gasteiger partial charge on any atom is -0.480 e. The molecular weight excluding hydrogens is 272 g/mol. The average molecular weight is 300 g/mol. The molecule has 1 aliphatic heterocycles. The summed E-state index contributed by atoms with van der Waals surface area (Å²) in [7, 11) is 1.54. The zero-order valence-electron chi connectivity index (χ0n) is 13.4. The molecule has 0 bridgehead atoms. The molecule has 0 aromatic rings. The Morgan fingerprint density at radius 3 is 2.62 bits per heavy atom. The van der Waals surface area contributed by atoms with Crippen LogP contribution in [0.15, 0.2) is 0 Å². The summed E-state index contributed by atoms with van der Waals surface area (Å²) in [5.41, 5.74) is 0. The van der Waals surface area contributed by atoms with Crippen molar-refractivity contribution in [2.45, 2.75) is 33.1 Å². The zero-order valence-corrected chi connectivity index (χ0v) is 13.4. The molecule has 122 valence electrons. The second kappa shape index (κ2) is 8.87. The van der Waals surface area contributed by atoms with Gasteiger partial charge in [-0.15, -0.1) is 0 Å². The van der Waals surface area contributed by atoms with Crippen molar-refractivity contribution in [3.63, 3.8) is 0 Å². The Labute approximate surface area is 127 Å². The number of ether oxygens (including phenoxy) is 1. The van der Waals surface area contributed by atoms with Gasteiger partial charge in [-0.3, -0.25) is 4.79 Å². The van der Waals surface area contributed by atoms with Gasteiger partial charge in [0.2, 0.25) is 0 Å². The molecule has 2 amide bonds. The molecule has 21 heavy (non-hydrogen) atoms. The van der Waals surface area contributed by atoms with E-state index in [2.05, 4.69) is 13.8 Å². The molecule has 0 aromatic carbocycles. The van der Waals surface area contributed by atoms with E-state index in [0.29, 0.717) is 38.1 Å². The highest BCUT2D eigenvalue weighted by Gasteiger charge is 2.26. The number of likely N-dealkylation sites (tertiary alicyclic amines) is 1. The zero-order chi connectivity index (χ0) is 15.8. The molecular formula is C15H28N2O4. The van der Waals surface area contributed by atoms with E-state index < -0.39 is 5.97 Å². The highest BCUT2D eigenvalue weighted by atomic mass is 16.5. The molecule has 0 radical (unpaired) electrons. The number of rotatable bonds is 6. The van der Waals surface area contributed by atoms with Crippen LogP contribution in [0.1, 0.15) is 33.1 Å². The Morgan fingerprint density at radius 1 is 1.33 bits per heavy atom. The van der Waals surface area contributed by atoms with Gasteiger partial charge >= 0.3 is 12.0 Å². The lowest BCUT2D eigenvalue weighted by atomic mass is 9.89. The van der Waals surface area contributed by atoms with Crippen molar-refractivity contribution in [3.8, 4) is 0 Å². The van der Waals surface area contributed by atoms with E-state index in [0.717, 1.165) is 19.3 Å². The number of hydrogen-bond acceptors (Lipinski definition) is 3.